The van der Waals surface area contributed by atoms with Gasteiger partial charge < -0.3 is 15.2 Å². The molecule has 2 N–H and O–H groups in total. The smallest absolute Gasteiger partial charge is 0.326 e. The number of hydrogen-bond donors (Lipinski definition) is 2. The van der Waals surface area contributed by atoms with Crippen molar-refractivity contribution in [3.63, 3.8) is 0 Å². The highest BCUT2D eigenvalue weighted by Gasteiger charge is 2.20. The molecule has 0 aliphatic rings. The van der Waals surface area contributed by atoms with E-state index in [4.69, 9.17) is 9.84 Å². The Morgan fingerprint density at radius 2 is 2.17 bits per heavy atom. The summed E-state index contributed by atoms with van der Waals surface area (Å²) in [6, 6.07) is 2.72. The first-order valence-corrected chi connectivity index (χ1v) is 5.36. The van der Waals surface area contributed by atoms with Gasteiger partial charge in [0.2, 0.25) is 0 Å². The Morgan fingerprint density at radius 1 is 1.50 bits per heavy atom. The van der Waals surface area contributed by atoms with Crippen LogP contribution >= 0.6 is 0 Å². The predicted molar refractivity (Wildman–Crippen MR) is 62.1 cm³/mol. The lowest BCUT2D eigenvalue weighted by atomic mass is 10.1. The molecule has 1 atom stereocenters. The fourth-order valence-electron chi connectivity index (χ4n) is 1.38. The van der Waals surface area contributed by atoms with Crippen LogP contribution in [-0.4, -0.2) is 30.1 Å². The van der Waals surface area contributed by atoms with E-state index in [1.54, 1.807) is 6.92 Å². The second-order valence-electron chi connectivity index (χ2n) is 3.62. The molecule has 0 saturated heterocycles. The zero-order valence-electron chi connectivity index (χ0n) is 10.1. The Hall–Kier alpha value is -2.11. The zero-order valence-corrected chi connectivity index (χ0v) is 10.1. The number of amides is 1. The maximum atomic E-state index is 13.6. The number of halogens is 1. The van der Waals surface area contributed by atoms with E-state index in [9.17, 15) is 14.0 Å². The van der Waals surface area contributed by atoms with Gasteiger partial charge in [0.15, 0.2) is 0 Å². The van der Waals surface area contributed by atoms with Gasteiger partial charge in [0, 0.05) is 6.07 Å². The van der Waals surface area contributed by atoms with Gasteiger partial charge in [-0.3, -0.25) is 4.79 Å². The van der Waals surface area contributed by atoms with Crippen LogP contribution in [0.4, 0.5) is 4.39 Å². The molecule has 0 radical (unpaired) electrons. The number of ether oxygens (including phenoxy) is 1. The average molecular weight is 255 g/mol. The van der Waals surface area contributed by atoms with E-state index in [0.717, 1.165) is 6.07 Å². The van der Waals surface area contributed by atoms with Gasteiger partial charge in [0.25, 0.3) is 5.91 Å². The summed E-state index contributed by atoms with van der Waals surface area (Å²) in [6.45, 7) is 1.61. The van der Waals surface area contributed by atoms with Crippen LogP contribution < -0.4 is 10.1 Å². The van der Waals surface area contributed by atoms with Crippen molar-refractivity contribution >= 4 is 11.9 Å². The van der Waals surface area contributed by atoms with Crippen molar-refractivity contribution in [2.24, 2.45) is 0 Å². The minimum absolute atomic E-state index is 0.212. The van der Waals surface area contributed by atoms with Crippen LogP contribution in [0.1, 0.15) is 23.7 Å². The molecule has 1 rings (SSSR count). The number of carboxylic acid groups (broad SMARTS) is 1. The molecule has 1 aromatic carbocycles. The number of nitrogens with one attached hydrogen (secondary N) is 1. The first kappa shape index (κ1) is 14.0. The van der Waals surface area contributed by atoms with Crippen molar-refractivity contribution in [1.82, 2.24) is 5.32 Å². The summed E-state index contributed by atoms with van der Waals surface area (Å²) in [7, 11) is 1.38. The van der Waals surface area contributed by atoms with E-state index >= 15 is 0 Å². The molecule has 5 nitrogen and oxygen atoms in total. The van der Waals surface area contributed by atoms with Gasteiger partial charge in [-0.15, -0.1) is 0 Å². The van der Waals surface area contributed by atoms with Crippen molar-refractivity contribution in [3.8, 4) is 5.75 Å². The first-order valence-electron chi connectivity index (χ1n) is 5.36. The Morgan fingerprint density at radius 3 is 2.61 bits per heavy atom. The highest BCUT2D eigenvalue weighted by atomic mass is 19.1. The van der Waals surface area contributed by atoms with Crippen molar-refractivity contribution in [2.45, 2.75) is 19.4 Å². The lowest BCUT2D eigenvalue weighted by Crippen LogP contribution is -2.40. The number of aliphatic carboxylic acids is 1. The standard InChI is InChI=1S/C12H14FNO4/c1-3-10(12(16)17)14-11(15)8-5-4-7(18-2)6-9(8)13/h4-6,10H,3H2,1-2H3,(H,14,15)(H,16,17)/t10-/m1/s1. The molecule has 18 heavy (non-hydrogen) atoms. The first-order chi connectivity index (χ1) is 8.49. The van der Waals surface area contributed by atoms with Crippen molar-refractivity contribution in [2.75, 3.05) is 7.11 Å². The van der Waals surface area contributed by atoms with Gasteiger partial charge in [0.05, 0.1) is 12.7 Å². The molecule has 1 aromatic rings. The Labute approximate surface area is 104 Å². The number of carboxylic acids is 1. The molecule has 98 valence electrons. The molecule has 0 aliphatic heterocycles. The Balaban J connectivity index is 2.87. The third-order valence-electron chi connectivity index (χ3n) is 2.43. The second-order valence-corrected chi connectivity index (χ2v) is 3.62. The predicted octanol–water partition coefficient (Wildman–Crippen LogP) is 1.43. The molecule has 0 saturated carbocycles. The summed E-state index contributed by atoms with van der Waals surface area (Å²) in [4.78, 5) is 22.4. The van der Waals surface area contributed by atoms with Gasteiger partial charge in [-0.25, -0.2) is 9.18 Å². The Kier molecular flexibility index (Phi) is 4.65. The quantitative estimate of drug-likeness (QED) is 0.834. The van der Waals surface area contributed by atoms with E-state index in [-0.39, 0.29) is 17.7 Å². The molecule has 0 unspecified atom stereocenters. The van der Waals surface area contributed by atoms with Crippen LogP contribution in [0.3, 0.4) is 0 Å². The number of benzene rings is 1. The number of hydrogen-bond acceptors (Lipinski definition) is 3. The van der Waals surface area contributed by atoms with E-state index in [0.29, 0.717) is 0 Å². The molecule has 1 amide bonds. The second kappa shape index (κ2) is 6.00. The van der Waals surface area contributed by atoms with Gasteiger partial charge in [-0.1, -0.05) is 6.92 Å². The molecule has 0 aliphatic carbocycles. The van der Waals surface area contributed by atoms with Gasteiger partial charge in [-0.05, 0) is 18.6 Å². The molecule has 0 spiro atoms. The summed E-state index contributed by atoms with van der Waals surface area (Å²) in [5.41, 5.74) is -0.212. The third-order valence-corrected chi connectivity index (χ3v) is 2.43. The summed E-state index contributed by atoms with van der Waals surface area (Å²) in [5.74, 6) is -2.38. The SMILES string of the molecule is CC[C@@H](NC(=O)c1ccc(OC)cc1F)C(=O)O. The van der Waals surface area contributed by atoms with Crippen molar-refractivity contribution < 1.29 is 23.8 Å². The molecule has 0 aromatic heterocycles. The number of rotatable bonds is 5. The molecule has 0 fully saturated rings. The van der Waals surface area contributed by atoms with Gasteiger partial charge in [-0.2, -0.15) is 0 Å². The minimum atomic E-state index is -1.15. The van der Waals surface area contributed by atoms with Crippen molar-refractivity contribution in [3.05, 3.63) is 29.6 Å². The van der Waals surface area contributed by atoms with E-state index < -0.39 is 23.7 Å². The lowest BCUT2D eigenvalue weighted by Gasteiger charge is -2.12. The maximum absolute atomic E-state index is 13.6. The molecule has 0 bridgehead atoms. The summed E-state index contributed by atoms with van der Waals surface area (Å²) < 4.78 is 18.4. The highest BCUT2D eigenvalue weighted by molar-refractivity contribution is 5.96. The zero-order chi connectivity index (χ0) is 13.7. The number of carbonyl (C=O) groups is 2. The van der Waals surface area contributed by atoms with Crippen molar-refractivity contribution in [1.29, 1.82) is 0 Å². The maximum Gasteiger partial charge on any atom is 0.326 e. The van der Waals surface area contributed by atoms with E-state index in [1.807, 2.05) is 0 Å². The molecule has 0 heterocycles. The lowest BCUT2D eigenvalue weighted by molar-refractivity contribution is -0.139. The largest absolute Gasteiger partial charge is 0.497 e. The van der Waals surface area contributed by atoms with E-state index in [2.05, 4.69) is 5.32 Å². The number of methoxy groups -OCH3 is 1. The van der Waals surface area contributed by atoms with Crippen LogP contribution in [0.25, 0.3) is 0 Å². The topological polar surface area (TPSA) is 75.6 Å². The molecular formula is C12H14FNO4. The number of carbonyl (C=O) groups excluding carboxylic acids is 1. The van der Waals surface area contributed by atoms with Crippen LogP contribution in [0.15, 0.2) is 18.2 Å². The van der Waals surface area contributed by atoms with E-state index in [1.165, 1.54) is 19.2 Å². The Bertz CT molecular complexity index is 461. The van der Waals surface area contributed by atoms with Gasteiger partial charge in [0.1, 0.15) is 17.6 Å². The molecular weight excluding hydrogens is 241 g/mol. The monoisotopic (exact) mass is 255 g/mol. The van der Waals surface area contributed by atoms with Crippen LogP contribution in [0.5, 0.6) is 5.75 Å². The summed E-state index contributed by atoms with van der Waals surface area (Å²) >= 11 is 0. The third kappa shape index (κ3) is 3.19. The normalized spacial score (nSPS) is 11.7. The van der Waals surface area contributed by atoms with Crippen LogP contribution in [-0.2, 0) is 4.79 Å². The van der Waals surface area contributed by atoms with Crippen LogP contribution in [0, 0.1) is 5.82 Å². The van der Waals surface area contributed by atoms with Crippen LogP contribution in [0.2, 0.25) is 0 Å². The fourth-order valence-corrected chi connectivity index (χ4v) is 1.38. The summed E-state index contributed by atoms with van der Waals surface area (Å²) in [6.07, 6.45) is 0.221. The summed E-state index contributed by atoms with van der Waals surface area (Å²) in [5, 5.41) is 11.0. The minimum Gasteiger partial charge on any atom is -0.497 e. The molecule has 6 heteroatoms. The average Bonchev–Trinajstić information content (AvgIpc) is 2.34. The highest BCUT2D eigenvalue weighted by Crippen LogP contribution is 2.16. The fraction of sp³-hybridized carbons (Fsp3) is 0.333. The van der Waals surface area contributed by atoms with Gasteiger partial charge >= 0.3 is 5.97 Å².